The fraction of sp³-hybridized carbons (Fsp3) is 0.857. The third kappa shape index (κ3) is 2.96. The molecular formula is C14H25N3O3. The summed E-state index contributed by atoms with van der Waals surface area (Å²) in [6.45, 7) is 6.85. The van der Waals surface area contributed by atoms with E-state index in [4.69, 9.17) is 0 Å². The van der Waals surface area contributed by atoms with Gasteiger partial charge >= 0.3 is 0 Å². The number of nitrogens with zero attached hydrogens (tertiary/aromatic N) is 2. The molecule has 0 aromatic heterocycles. The van der Waals surface area contributed by atoms with Crippen LogP contribution in [0, 0.1) is 11.8 Å². The van der Waals surface area contributed by atoms with E-state index in [2.05, 4.69) is 17.3 Å². The van der Waals surface area contributed by atoms with Gasteiger partial charge in [0.2, 0.25) is 11.8 Å². The second kappa shape index (κ2) is 6.10. The van der Waals surface area contributed by atoms with E-state index in [1.54, 1.807) is 6.92 Å². The van der Waals surface area contributed by atoms with Crippen LogP contribution in [0.3, 0.4) is 0 Å². The molecule has 2 aliphatic heterocycles. The highest BCUT2D eigenvalue weighted by Crippen LogP contribution is 2.27. The number of carbonyl (C=O) groups is 2. The molecule has 0 aromatic carbocycles. The number of rotatable bonds is 3. The van der Waals surface area contributed by atoms with Crippen molar-refractivity contribution in [2.45, 2.75) is 32.4 Å². The minimum absolute atomic E-state index is 0.0796. The third-order valence-electron chi connectivity index (χ3n) is 4.48. The molecule has 6 nitrogen and oxygen atoms in total. The van der Waals surface area contributed by atoms with Crippen LogP contribution in [0.15, 0.2) is 0 Å². The Morgan fingerprint density at radius 3 is 2.60 bits per heavy atom. The van der Waals surface area contributed by atoms with Gasteiger partial charge in [0.15, 0.2) is 0 Å². The van der Waals surface area contributed by atoms with Crippen molar-refractivity contribution in [1.82, 2.24) is 15.1 Å². The molecule has 4 atom stereocenters. The lowest BCUT2D eigenvalue weighted by molar-refractivity contribution is -0.148. The monoisotopic (exact) mass is 283 g/mol. The Kier molecular flexibility index (Phi) is 4.65. The van der Waals surface area contributed by atoms with Crippen LogP contribution in [-0.4, -0.2) is 72.1 Å². The van der Waals surface area contributed by atoms with Gasteiger partial charge in [-0.2, -0.15) is 0 Å². The lowest BCUT2D eigenvalue weighted by atomic mass is 9.78. The van der Waals surface area contributed by atoms with E-state index in [9.17, 15) is 14.7 Å². The number of amides is 2. The van der Waals surface area contributed by atoms with Crippen LogP contribution < -0.4 is 5.32 Å². The van der Waals surface area contributed by atoms with Gasteiger partial charge in [0.25, 0.3) is 0 Å². The van der Waals surface area contributed by atoms with Crippen LogP contribution in [0.25, 0.3) is 0 Å². The van der Waals surface area contributed by atoms with Crippen molar-refractivity contribution in [2.24, 2.45) is 11.8 Å². The van der Waals surface area contributed by atoms with E-state index in [0.717, 1.165) is 32.6 Å². The molecule has 2 amide bonds. The molecular weight excluding hydrogens is 258 g/mol. The Balaban J connectivity index is 1.96. The molecule has 0 radical (unpaired) electrons. The highest BCUT2D eigenvalue weighted by molar-refractivity contribution is 5.90. The molecule has 1 unspecified atom stereocenters. The van der Waals surface area contributed by atoms with Gasteiger partial charge in [-0.25, -0.2) is 0 Å². The van der Waals surface area contributed by atoms with Crippen LogP contribution in [-0.2, 0) is 9.59 Å². The Bertz CT molecular complexity index is 386. The van der Waals surface area contributed by atoms with Crippen molar-refractivity contribution in [3.8, 4) is 0 Å². The first-order chi connectivity index (χ1) is 9.41. The fourth-order valence-electron chi connectivity index (χ4n) is 3.08. The molecule has 2 N–H and O–H groups in total. The topological polar surface area (TPSA) is 72.9 Å². The smallest absolute Gasteiger partial charge is 0.228 e. The molecule has 2 rings (SSSR count). The summed E-state index contributed by atoms with van der Waals surface area (Å²) >= 11 is 0. The maximum absolute atomic E-state index is 12.5. The zero-order valence-electron chi connectivity index (χ0n) is 12.5. The molecule has 20 heavy (non-hydrogen) atoms. The largest absolute Gasteiger partial charge is 0.393 e. The molecule has 0 spiro atoms. The SMILES string of the molecule is C[C@@H](O)C1C(=O)N[C@@H]1[C@@H](C)C(=O)N1CCCN(C)CC1. The Morgan fingerprint density at radius 1 is 1.30 bits per heavy atom. The number of hydrogen-bond acceptors (Lipinski definition) is 4. The molecule has 0 bridgehead atoms. The molecule has 114 valence electrons. The molecule has 2 aliphatic rings. The quantitative estimate of drug-likeness (QED) is 0.671. The molecule has 2 fully saturated rings. The molecule has 2 heterocycles. The Morgan fingerprint density at radius 2 is 2.00 bits per heavy atom. The predicted molar refractivity (Wildman–Crippen MR) is 75.0 cm³/mol. The molecule has 6 heteroatoms. The second-order valence-electron chi connectivity index (χ2n) is 6.07. The average molecular weight is 283 g/mol. The van der Waals surface area contributed by atoms with Gasteiger partial charge in [-0.05, 0) is 26.9 Å². The molecule has 0 aliphatic carbocycles. The van der Waals surface area contributed by atoms with Crippen molar-refractivity contribution in [1.29, 1.82) is 0 Å². The lowest BCUT2D eigenvalue weighted by Gasteiger charge is -2.42. The maximum Gasteiger partial charge on any atom is 0.228 e. The summed E-state index contributed by atoms with van der Waals surface area (Å²) in [4.78, 5) is 28.1. The van der Waals surface area contributed by atoms with Crippen molar-refractivity contribution in [3.05, 3.63) is 0 Å². The average Bonchev–Trinajstić information content (AvgIpc) is 2.58. The first-order valence-electron chi connectivity index (χ1n) is 7.37. The lowest BCUT2D eigenvalue weighted by Crippen LogP contribution is -2.66. The van der Waals surface area contributed by atoms with E-state index < -0.39 is 12.0 Å². The van der Waals surface area contributed by atoms with Crippen LogP contribution in [0.1, 0.15) is 20.3 Å². The fourth-order valence-corrected chi connectivity index (χ4v) is 3.08. The van der Waals surface area contributed by atoms with Crippen molar-refractivity contribution >= 4 is 11.8 Å². The van der Waals surface area contributed by atoms with Gasteiger partial charge < -0.3 is 20.2 Å². The normalized spacial score (nSPS) is 31.0. The molecule has 2 saturated heterocycles. The Labute approximate surface area is 120 Å². The minimum Gasteiger partial charge on any atom is -0.393 e. The molecule has 0 saturated carbocycles. The summed E-state index contributed by atoms with van der Waals surface area (Å²) in [6.07, 6.45) is 0.269. The van der Waals surface area contributed by atoms with Gasteiger partial charge in [-0.1, -0.05) is 6.92 Å². The van der Waals surface area contributed by atoms with Gasteiger partial charge in [0.1, 0.15) is 0 Å². The van der Waals surface area contributed by atoms with Gasteiger partial charge in [0.05, 0.1) is 24.0 Å². The van der Waals surface area contributed by atoms with Crippen molar-refractivity contribution in [3.63, 3.8) is 0 Å². The number of hydrogen-bond donors (Lipinski definition) is 2. The number of aliphatic hydroxyl groups excluding tert-OH is 1. The maximum atomic E-state index is 12.5. The van der Waals surface area contributed by atoms with Gasteiger partial charge in [0, 0.05) is 19.6 Å². The van der Waals surface area contributed by atoms with Gasteiger partial charge in [-0.3, -0.25) is 9.59 Å². The predicted octanol–water partition coefficient (Wildman–Crippen LogP) is -0.718. The van der Waals surface area contributed by atoms with Gasteiger partial charge in [-0.15, -0.1) is 0 Å². The highest BCUT2D eigenvalue weighted by atomic mass is 16.3. The Hall–Kier alpha value is -1.14. The van der Waals surface area contributed by atoms with Crippen LogP contribution in [0.2, 0.25) is 0 Å². The molecule has 0 aromatic rings. The van der Waals surface area contributed by atoms with Crippen molar-refractivity contribution in [2.75, 3.05) is 33.2 Å². The minimum atomic E-state index is -0.709. The van der Waals surface area contributed by atoms with E-state index >= 15 is 0 Å². The first-order valence-corrected chi connectivity index (χ1v) is 7.37. The summed E-state index contributed by atoms with van der Waals surface area (Å²) in [6, 6.07) is -0.240. The number of likely N-dealkylation sites (N-methyl/N-ethyl adjacent to an activating group) is 1. The van der Waals surface area contributed by atoms with Crippen LogP contribution in [0.4, 0.5) is 0 Å². The first kappa shape index (κ1) is 15.3. The third-order valence-corrected chi connectivity index (χ3v) is 4.48. The van der Waals surface area contributed by atoms with E-state index in [1.165, 1.54) is 0 Å². The number of nitrogens with one attached hydrogen (secondary N) is 1. The van der Waals surface area contributed by atoms with Crippen LogP contribution in [0.5, 0.6) is 0 Å². The van der Waals surface area contributed by atoms with E-state index in [1.807, 2.05) is 11.8 Å². The standard InChI is InChI=1S/C14H25N3O3/c1-9(12-11(10(2)18)13(19)15-12)14(20)17-6-4-5-16(3)7-8-17/h9-12,18H,4-8H2,1-3H3,(H,15,19)/t9-,10-,11?,12-/m1/s1. The second-order valence-corrected chi connectivity index (χ2v) is 6.07. The zero-order chi connectivity index (χ0) is 14.9. The zero-order valence-corrected chi connectivity index (χ0v) is 12.5. The number of β-lactam (4-membered cyclic amide) rings is 1. The van der Waals surface area contributed by atoms with E-state index in [0.29, 0.717) is 0 Å². The van der Waals surface area contributed by atoms with Crippen LogP contribution >= 0.6 is 0 Å². The summed E-state index contributed by atoms with van der Waals surface area (Å²) < 4.78 is 0. The van der Waals surface area contributed by atoms with E-state index in [-0.39, 0.29) is 23.8 Å². The highest BCUT2D eigenvalue weighted by Gasteiger charge is 2.47. The van der Waals surface area contributed by atoms with Crippen molar-refractivity contribution < 1.29 is 14.7 Å². The summed E-state index contributed by atoms with van der Waals surface area (Å²) in [5.74, 6) is -0.810. The summed E-state index contributed by atoms with van der Waals surface area (Å²) in [5.41, 5.74) is 0. The number of carbonyl (C=O) groups excluding carboxylic acids is 2. The number of aliphatic hydroxyl groups is 1. The summed E-state index contributed by atoms with van der Waals surface area (Å²) in [7, 11) is 2.06. The summed E-state index contributed by atoms with van der Waals surface area (Å²) in [5, 5.41) is 12.4.